The van der Waals surface area contributed by atoms with Gasteiger partial charge in [-0.15, -0.1) is 11.6 Å². The van der Waals surface area contributed by atoms with Gasteiger partial charge in [-0.25, -0.2) is 4.39 Å². The lowest BCUT2D eigenvalue weighted by Gasteiger charge is -2.01. The smallest absolute Gasteiger partial charge is 0.124 e. The molecule has 0 fully saturated rings. The number of hydrogen-bond donors (Lipinski definition) is 0. The van der Waals surface area contributed by atoms with Crippen molar-refractivity contribution in [3.8, 4) is 0 Å². The summed E-state index contributed by atoms with van der Waals surface area (Å²) in [6.07, 6.45) is 2.80. The van der Waals surface area contributed by atoms with Crippen molar-refractivity contribution in [3.63, 3.8) is 0 Å². The number of rotatable bonds is 5. The fourth-order valence-electron chi connectivity index (χ4n) is 2.01. The molecule has 0 aliphatic rings. The van der Waals surface area contributed by atoms with Crippen LogP contribution in [0.1, 0.15) is 25.5 Å². The monoisotopic (exact) mass is 254 g/mol. The van der Waals surface area contributed by atoms with Crippen molar-refractivity contribution in [2.24, 2.45) is 0 Å². The molecule has 0 unspecified atom stereocenters. The third kappa shape index (κ3) is 2.60. The predicted octanol–water partition coefficient (Wildman–Crippen LogP) is 3.76. The van der Waals surface area contributed by atoms with Crippen LogP contribution in [0.25, 0.3) is 10.9 Å². The molecule has 0 atom stereocenters. The molecule has 2 rings (SSSR count). The molecule has 17 heavy (non-hydrogen) atoms. The molecule has 92 valence electrons. The van der Waals surface area contributed by atoms with Crippen molar-refractivity contribution < 1.29 is 4.39 Å². The molecule has 1 aromatic carbocycles. The van der Waals surface area contributed by atoms with Crippen molar-refractivity contribution >= 4 is 22.5 Å². The number of benzene rings is 1. The van der Waals surface area contributed by atoms with Crippen LogP contribution in [-0.2, 0) is 13.0 Å². The van der Waals surface area contributed by atoms with Gasteiger partial charge in [-0.1, -0.05) is 6.92 Å². The van der Waals surface area contributed by atoms with Gasteiger partial charge in [0.2, 0.25) is 0 Å². The van der Waals surface area contributed by atoms with E-state index < -0.39 is 0 Å². The van der Waals surface area contributed by atoms with E-state index in [4.69, 9.17) is 11.6 Å². The van der Waals surface area contributed by atoms with Crippen molar-refractivity contribution in [3.05, 3.63) is 29.7 Å². The van der Waals surface area contributed by atoms with Crippen LogP contribution >= 0.6 is 11.6 Å². The maximum absolute atomic E-state index is 13.2. The Morgan fingerprint density at radius 2 is 2.18 bits per heavy atom. The van der Waals surface area contributed by atoms with Gasteiger partial charge in [-0.05, 0) is 37.5 Å². The van der Waals surface area contributed by atoms with Crippen LogP contribution in [0.3, 0.4) is 0 Å². The highest BCUT2D eigenvalue weighted by atomic mass is 35.5. The normalized spacial score (nSPS) is 11.2. The highest BCUT2D eigenvalue weighted by Crippen LogP contribution is 2.20. The lowest BCUT2D eigenvalue weighted by Crippen LogP contribution is -2.00. The molecule has 0 aliphatic heterocycles. The van der Waals surface area contributed by atoms with Crippen LogP contribution in [0, 0.1) is 5.82 Å². The average molecular weight is 255 g/mol. The van der Waals surface area contributed by atoms with Crippen molar-refractivity contribution in [2.45, 2.75) is 32.7 Å². The highest BCUT2D eigenvalue weighted by molar-refractivity contribution is 6.17. The topological polar surface area (TPSA) is 17.8 Å². The lowest BCUT2D eigenvalue weighted by molar-refractivity contribution is 0.583. The van der Waals surface area contributed by atoms with Crippen LogP contribution < -0.4 is 0 Å². The largest absolute Gasteiger partial charge is 0.265 e. The molecule has 0 spiro atoms. The van der Waals surface area contributed by atoms with Gasteiger partial charge in [0.1, 0.15) is 5.82 Å². The molecule has 1 heterocycles. The summed E-state index contributed by atoms with van der Waals surface area (Å²) in [5, 5.41) is 5.46. The number of aryl methyl sites for hydroxylation is 2. The summed E-state index contributed by atoms with van der Waals surface area (Å²) in [5.74, 6) is 0.474. The zero-order valence-corrected chi connectivity index (χ0v) is 10.7. The second-order valence-corrected chi connectivity index (χ2v) is 4.46. The molecule has 4 heteroatoms. The third-order valence-electron chi connectivity index (χ3n) is 2.88. The van der Waals surface area contributed by atoms with E-state index in [2.05, 4.69) is 5.10 Å². The van der Waals surface area contributed by atoms with E-state index in [0.717, 1.165) is 42.4 Å². The summed E-state index contributed by atoms with van der Waals surface area (Å²) in [7, 11) is 0. The fraction of sp³-hybridized carbons (Fsp3) is 0.462. The van der Waals surface area contributed by atoms with Crippen LogP contribution in [0.5, 0.6) is 0 Å². The van der Waals surface area contributed by atoms with Crippen molar-refractivity contribution in [1.82, 2.24) is 9.78 Å². The molecule has 0 saturated heterocycles. The average Bonchev–Trinajstić information content (AvgIpc) is 2.67. The van der Waals surface area contributed by atoms with Crippen LogP contribution in [-0.4, -0.2) is 15.7 Å². The Kier molecular flexibility index (Phi) is 4.00. The predicted molar refractivity (Wildman–Crippen MR) is 69.0 cm³/mol. The summed E-state index contributed by atoms with van der Waals surface area (Å²) in [4.78, 5) is 0. The standard InChI is InChI=1S/C13H16ClFN2/c1-2-12-11-9-10(15)5-6-13(11)17(16-12)8-4-3-7-14/h5-6,9H,2-4,7-8H2,1H3. The zero-order valence-electron chi connectivity index (χ0n) is 9.92. The van der Waals surface area contributed by atoms with Gasteiger partial charge >= 0.3 is 0 Å². The van der Waals surface area contributed by atoms with Gasteiger partial charge in [0, 0.05) is 17.8 Å². The third-order valence-corrected chi connectivity index (χ3v) is 3.14. The molecule has 0 radical (unpaired) electrons. The van der Waals surface area contributed by atoms with E-state index >= 15 is 0 Å². The molecule has 1 aromatic heterocycles. The summed E-state index contributed by atoms with van der Waals surface area (Å²) in [6, 6.07) is 4.86. The Balaban J connectivity index is 2.35. The van der Waals surface area contributed by atoms with Crippen molar-refractivity contribution in [1.29, 1.82) is 0 Å². The lowest BCUT2D eigenvalue weighted by atomic mass is 10.2. The summed E-state index contributed by atoms with van der Waals surface area (Å²) < 4.78 is 15.2. The van der Waals surface area contributed by atoms with E-state index in [0.29, 0.717) is 5.88 Å². The molecule has 0 aliphatic carbocycles. The summed E-state index contributed by atoms with van der Waals surface area (Å²) >= 11 is 5.66. The second-order valence-electron chi connectivity index (χ2n) is 4.08. The first-order valence-electron chi connectivity index (χ1n) is 5.97. The number of halogens is 2. The first kappa shape index (κ1) is 12.4. The molecule has 0 N–H and O–H groups in total. The second kappa shape index (κ2) is 5.50. The van der Waals surface area contributed by atoms with Crippen molar-refractivity contribution in [2.75, 3.05) is 5.88 Å². The van der Waals surface area contributed by atoms with E-state index in [1.165, 1.54) is 6.07 Å². The molecular weight excluding hydrogens is 239 g/mol. The number of fused-ring (bicyclic) bond motifs is 1. The van der Waals surface area contributed by atoms with Gasteiger partial charge in [0.25, 0.3) is 0 Å². The number of unbranched alkanes of at least 4 members (excludes halogenated alkanes) is 1. The van der Waals surface area contributed by atoms with E-state index in [9.17, 15) is 4.39 Å². The SMILES string of the molecule is CCc1nn(CCCCCl)c2ccc(F)cc12. The Hall–Kier alpha value is -1.09. The number of hydrogen-bond acceptors (Lipinski definition) is 1. The summed E-state index contributed by atoms with van der Waals surface area (Å²) in [6.45, 7) is 2.88. The zero-order chi connectivity index (χ0) is 12.3. The van der Waals surface area contributed by atoms with E-state index in [1.807, 2.05) is 11.6 Å². The van der Waals surface area contributed by atoms with E-state index in [1.54, 1.807) is 12.1 Å². The maximum atomic E-state index is 13.2. The Bertz CT molecular complexity index is 507. The first-order chi connectivity index (χ1) is 8.26. The van der Waals surface area contributed by atoms with Crippen LogP contribution in [0.4, 0.5) is 4.39 Å². The van der Waals surface area contributed by atoms with Crippen LogP contribution in [0.2, 0.25) is 0 Å². The molecule has 0 saturated carbocycles. The number of aromatic nitrogens is 2. The first-order valence-corrected chi connectivity index (χ1v) is 6.50. The Morgan fingerprint density at radius 1 is 1.35 bits per heavy atom. The molecule has 2 aromatic rings. The molecule has 2 nitrogen and oxygen atoms in total. The number of nitrogens with zero attached hydrogens (tertiary/aromatic N) is 2. The minimum atomic E-state index is -0.201. The van der Waals surface area contributed by atoms with Gasteiger partial charge in [-0.2, -0.15) is 5.10 Å². The van der Waals surface area contributed by atoms with Crippen LogP contribution in [0.15, 0.2) is 18.2 Å². The summed E-state index contributed by atoms with van der Waals surface area (Å²) in [5.41, 5.74) is 1.98. The fourth-order valence-corrected chi connectivity index (χ4v) is 2.19. The minimum absolute atomic E-state index is 0.201. The molecule has 0 amide bonds. The van der Waals surface area contributed by atoms with E-state index in [-0.39, 0.29) is 5.82 Å². The Morgan fingerprint density at radius 3 is 2.88 bits per heavy atom. The molecular formula is C13H16ClFN2. The quantitative estimate of drug-likeness (QED) is 0.587. The van der Waals surface area contributed by atoms with Gasteiger partial charge in [0.15, 0.2) is 0 Å². The van der Waals surface area contributed by atoms with Gasteiger partial charge in [-0.3, -0.25) is 4.68 Å². The Labute approximate surface area is 105 Å². The number of alkyl halides is 1. The minimum Gasteiger partial charge on any atom is -0.265 e. The maximum Gasteiger partial charge on any atom is 0.124 e. The highest BCUT2D eigenvalue weighted by Gasteiger charge is 2.09. The molecule has 0 bridgehead atoms. The van der Waals surface area contributed by atoms with Gasteiger partial charge in [0.05, 0.1) is 11.2 Å². The van der Waals surface area contributed by atoms with Gasteiger partial charge < -0.3 is 0 Å².